The molecule has 0 aliphatic heterocycles. The molecule has 0 spiro atoms. The van der Waals surface area contributed by atoms with Crippen LogP contribution in [-0.4, -0.2) is 28.7 Å². The van der Waals surface area contributed by atoms with E-state index in [9.17, 15) is 9.90 Å². The van der Waals surface area contributed by atoms with Crippen LogP contribution in [0.2, 0.25) is 0 Å². The summed E-state index contributed by atoms with van der Waals surface area (Å²) in [7, 11) is 0. The average Bonchev–Trinajstić information content (AvgIpc) is 2.68. The molecule has 4 heteroatoms. The fourth-order valence-corrected chi connectivity index (χ4v) is 3.10. The van der Waals surface area contributed by atoms with Gasteiger partial charge < -0.3 is 14.6 Å². The second kappa shape index (κ2) is 4.82. The summed E-state index contributed by atoms with van der Waals surface area (Å²) in [5.41, 5.74) is -1.18. The van der Waals surface area contributed by atoms with Crippen molar-refractivity contribution in [3.8, 4) is 0 Å². The molecular formula is C15H24O4. The number of hydrogen-bond acceptors (Lipinski definition) is 4. The lowest BCUT2D eigenvalue weighted by atomic mass is 9.86. The third-order valence-corrected chi connectivity index (χ3v) is 3.99. The lowest BCUT2D eigenvalue weighted by Crippen LogP contribution is -2.40. The summed E-state index contributed by atoms with van der Waals surface area (Å²) in [6, 6.07) is 0. The van der Waals surface area contributed by atoms with E-state index in [1.807, 2.05) is 34.6 Å². The van der Waals surface area contributed by atoms with Crippen LogP contribution in [0.4, 0.5) is 0 Å². The first-order chi connectivity index (χ1) is 8.78. The highest BCUT2D eigenvalue weighted by Crippen LogP contribution is 2.52. The summed E-state index contributed by atoms with van der Waals surface area (Å²) in [6.45, 7) is 9.49. The summed E-state index contributed by atoms with van der Waals surface area (Å²) >= 11 is 0. The van der Waals surface area contributed by atoms with E-state index in [0.717, 1.165) is 6.42 Å². The van der Waals surface area contributed by atoms with E-state index in [-0.39, 0.29) is 29.7 Å². The van der Waals surface area contributed by atoms with Gasteiger partial charge in [0.15, 0.2) is 5.76 Å². The van der Waals surface area contributed by atoms with Crippen LogP contribution in [0, 0.1) is 11.8 Å². The summed E-state index contributed by atoms with van der Waals surface area (Å²) < 4.78 is 11.4. The fourth-order valence-electron chi connectivity index (χ4n) is 3.10. The molecule has 1 fully saturated rings. The van der Waals surface area contributed by atoms with Crippen LogP contribution in [0.15, 0.2) is 11.5 Å². The molecule has 2 aliphatic carbocycles. The lowest BCUT2D eigenvalue weighted by Gasteiger charge is -2.30. The number of fused-ring (bicyclic) bond motifs is 1. The molecule has 0 aromatic rings. The normalized spacial score (nSPS) is 34.4. The zero-order valence-electron chi connectivity index (χ0n) is 12.4. The molecule has 3 atom stereocenters. The summed E-state index contributed by atoms with van der Waals surface area (Å²) in [6.07, 6.45) is 1.34. The predicted molar refractivity (Wildman–Crippen MR) is 71.3 cm³/mol. The molecule has 2 aliphatic rings. The Morgan fingerprint density at radius 2 is 1.74 bits per heavy atom. The Morgan fingerprint density at radius 3 is 2.26 bits per heavy atom. The first-order valence-corrected chi connectivity index (χ1v) is 7.13. The SMILES string of the molecule is CC(C)OC1=C(OC(C)C)[C@@]2(O)[C@H](C)CC[C@H]2C1=O. The Balaban J connectivity index is 2.45. The van der Waals surface area contributed by atoms with Gasteiger partial charge in [-0.25, -0.2) is 0 Å². The van der Waals surface area contributed by atoms with E-state index >= 15 is 0 Å². The van der Waals surface area contributed by atoms with Crippen LogP contribution in [0.3, 0.4) is 0 Å². The van der Waals surface area contributed by atoms with Crippen LogP contribution >= 0.6 is 0 Å². The molecule has 0 saturated heterocycles. The first kappa shape index (κ1) is 14.4. The highest BCUT2D eigenvalue weighted by atomic mass is 16.5. The van der Waals surface area contributed by atoms with Gasteiger partial charge in [-0.3, -0.25) is 4.79 Å². The van der Waals surface area contributed by atoms with Crippen molar-refractivity contribution in [2.45, 2.75) is 65.3 Å². The Bertz CT molecular complexity index is 410. The summed E-state index contributed by atoms with van der Waals surface area (Å²) in [5, 5.41) is 11.0. The number of rotatable bonds is 4. The smallest absolute Gasteiger partial charge is 0.207 e. The van der Waals surface area contributed by atoms with Crippen molar-refractivity contribution in [1.29, 1.82) is 0 Å². The van der Waals surface area contributed by atoms with Crippen molar-refractivity contribution in [2.75, 3.05) is 0 Å². The maximum Gasteiger partial charge on any atom is 0.207 e. The average molecular weight is 268 g/mol. The number of hydrogen-bond donors (Lipinski definition) is 1. The third kappa shape index (κ3) is 2.16. The molecule has 19 heavy (non-hydrogen) atoms. The minimum Gasteiger partial charge on any atom is -0.488 e. The molecule has 1 saturated carbocycles. The standard InChI is InChI=1S/C15H24O4/c1-8(2)18-13-12(16)11-7-6-10(5)15(11,17)14(13)19-9(3)4/h8-11,17H,6-7H2,1-5H3/t10-,11+,15-/m1/s1. The molecule has 0 radical (unpaired) electrons. The molecule has 108 valence electrons. The van der Waals surface area contributed by atoms with E-state index in [1.165, 1.54) is 0 Å². The summed E-state index contributed by atoms with van der Waals surface area (Å²) in [4.78, 5) is 12.4. The third-order valence-electron chi connectivity index (χ3n) is 3.99. The Hall–Kier alpha value is -1.03. The van der Waals surface area contributed by atoms with E-state index in [0.29, 0.717) is 12.2 Å². The van der Waals surface area contributed by atoms with E-state index in [4.69, 9.17) is 9.47 Å². The Kier molecular flexibility index (Phi) is 3.65. The molecular weight excluding hydrogens is 244 g/mol. The number of aliphatic hydroxyl groups is 1. The minimum atomic E-state index is -1.18. The van der Waals surface area contributed by atoms with Gasteiger partial charge in [0.25, 0.3) is 0 Å². The van der Waals surface area contributed by atoms with Crippen LogP contribution < -0.4 is 0 Å². The first-order valence-electron chi connectivity index (χ1n) is 7.13. The number of carbonyl (C=O) groups is 1. The van der Waals surface area contributed by atoms with Gasteiger partial charge in [0, 0.05) is 0 Å². The number of ether oxygens (including phenoxy) is 2. The van der Waals surface area contributed by atoms with Gasteiger partial charge in [0.1, 0.15) is 5.60 Å². The molecule has 0 amide bonds. The Morgan fingerprint density at radius 1 is 1.16 bits per heavy atom. The zero-order chi connectivity index (χ0) is 14.4. The van der Waals surface area contributed by atoms with Gasteiger partial charge in [-0.05, 0) is 46.5 Å². The van der Waals surface area contributed by atoms with E-state index < -0.39 is 11.5 Å². The van der Waals surface area contributed by atoms with Crippen molar-refractivity contribution in [3.63, 3.8) is 0 Å². The lowest BCUT2D eigenvalue weighted by molar-refractivity contribution is -0.126. The van der Waals surface area contributed by atoms with Crippen molar-refractivity contribution in [3.05, 3.63) is 11.5 Å². The van der Waals surface area contributed by atoms with Gasteiger partial charge in [-0.2, -0.15) is 0 Å². The minimum absolute atomic E-state index is 0.0171. The number of carbonyl (C=O) groups excluding carboxylic acids is 1. The molecule has 4 nitrogen and oxygen atoms in total. The molecule has 2 rings (SSSR count). The predicted octanol–water partition coefficient (Wildman–Crippen LogP) is 2.41. The van der Waals surface area contributed by atoms with Gasteiger partial charge in [0.05, 0.1) is 18.1 Å². The second-order valence-corrected chi connectivity index (χ2v) is 6.21. The van der Waals surface area contributed by atoms with Gasteiger partial charge in [0.2, 0.25) is 11.5 Å². The maximum atomic E-state index is 12.4. The number of ketones is 1. The zero-order valence-corrected chi connectivity index (χ0v) is 12.4. The second-order valence-electron chi connectivity index (χ2n) is 6.21. The fraction of sp³-hybridized carbons (Fsp3) is 0.800. The van der Waals surface area contributed by atoms with Gasteiger partial charge >= 0.3 is 0 Å². The highest BCUT2D eigenvalue weighted by Gasteiger charge is 2.61. The van der Waals surface area contributed by atoms with Crippen molar-refractivity contribution >= 4 is 5.78 Å². The monoisotopic (exact) mass is 268 g/mol. The topological polar surface area (TPSA) is 55.8 Å². The van der Waals surface area contributed by atoms with E-state index in [1.54, 1.807) is 0 Å². The van der Waals surface area contributed by atoms with Gasteiger partial charge in [-0.1, -0.05) is 6.92 Å². The number of Topliss-reactive ketones (excluding diaryl/α,β-unsaturated/α-hetero) is 1. The Labute approximate surface area is 114 Å². The van der Waals surface area contributed by atoms with Crippen molar-refractivity contribution < 1.29 is 19.4 Å². The largest absolute Gasteiger partial charge is 0.488 e. The molecule has 0 heterocycles. The van der Waals surface area contributed by atoms with Crippen LogP contribution in [0.25, 0.3) is 0 Å². The van der Waals surface area contributed by atoms with Crippen molar-refractivity contribution in [2.24, 2.45) is 11.8 Å². The molecule has 1 N–H and O–H groups in total. The molecule has 0 bridgehead atoms. The molecule has 0 aromatic carbocycles. The van der Waals surface area contributed by atoms with E-state index in [2.05, 4.69) is 0 Å². The van der Waals surface area contributed by atoms with Gasteiger partial charge in [-0.15, -0.1) is 0 Å². The quantitative estimate of drug-likeness (QED) is 0.850. The highest BCUT2D eigenvalue weighted by molar-refractivity contribution is 6.00. The van der Waals surface area contributed by atoms with Crippen LogP contribution in [-0.2, 0) is 14.3 Å². The van der Waals surface area contributed by atoms with Crippen LogP contribution in [0.1, 0.15) is 47.5 Å². The molecule has 0 unspecified atom stereocenters. The van der Waals surface area contributed by atoms with Crippen LogP contribution in [0.5, 0.6) is 0 Å². The summed E-state index contributed by atoms with van der Waals surface area (Å²) in [5.74, 6) is 0.114. The van der Waals surface area contributed by atoms with Crippen molar-refractivity contribution in [1.82, 2.24) is 0 Å². The number of allylic oxidation sites excluding steroid dienone is 1. The maximum absolute atomic E-state index is 12.4. The molecule has 0 aromatic heterocycles.